The standard InChI is InChI=1S/C36H46N4O5/c1-37(20-21-39-22-24-40(25-23-39)26-27-10-6-5-7-11-27)18-8-9-19-38(2)29-14-12-28(13-15-29)33-36(44-4)32(42)30-16-17-31(41)35(43-3)34(30)45-33/h5-7,10-17,41H,8-9,18-26H2,1-4H3. The largest absolute Gasteiger partial charge is 0.504 e. The highest BCUT2D eigenvalue weighted by atomic mass is 16.5. The SMILES string of the molecule is COc1c(-c2ccc(N(C)CCCCN(C)CCN3CCN(Cc4ccccc4)CC3)cc2)oc2c(OC)c(O)ccc2c1=O. The molecule has 9 nitrogen and oxygen atoms in total. The lowest BCUT2D eigenvalue weighted by Gasteiger charge is -2.35. The lowest BCUT2D eigenvalue weighted by Crippen LogP contribution is -2.47. The Labute approximate surface area is 266 Å². The minimum Gasteiger partial charge on any atom is -0.504 e. The molecule has 4 aromatic rings. The first kappa shape index (κ1) is 32.3. The summed E-state index contributed by atoms with van der Waals surface area (Å²) in [4.78, 5) is 23.0. The Morgan fingerprint density at radius 1 is 0.800 bits per heavy atom. The van der Waals surface area contributed by atoms with Gasteiger partial charge in [-0.3, -0.25) is 14.6 Å². The average Bonchev–Trinajstić information content (AvgIpc) is 3.06. The number of phenolic OH excluding ortho intramolecular Hbond substituents is 1. The van der Waals surface area contributed by atoms with Crippen LogP contribution in [-0.2, 0) is 6.54 Å². The zero-order valence-electron chi connectivity index (χ0n) is 27.0. The molecule has 3 aromatic carbocycles. The van der Waals surface area contributed by atoms with Crippen molar-refractivity contribution in [1.29, 1.82) is 0 Å². The van der Waals surface area contributed by atoms with E-state index in [2.05, 4.69) is 64.0 Å². The van der Waals surface area contributed by atoms with Gasteiger partial charge in [0.2, 0.25) is 16.9 Å². The van der Waals surface area contributed by atoms with Crippen LogP contribution in [0.25, 0.3) is 22.3 Å². The first-order valence-corrected chi connectivity index (χ1v) is 15.8. The number of piperazine rings is 1. The van der Waals surface area contributed by atoms with Gasteiger partial charge in [0.1, 0.15) is 0 Å². The van der Waals surface area contributed by atoms with Crippen molar-refractivity contribution in [2.45, 2.75) is 19.4 Å². The van der Waals surface area contributed by atoms with Crippen molar-refractivity contribution in [3.05, 3.63) is 82.5 Å². The Morgan fingerprint density at radius 3 is 2.16 bits per heavy atom. The molecule has 0 amide bonds. The smallest absolute Gasteiger partial charge is 0.235 e. The number of nitrogens with zero attached hydrogens (tertiary/aromatic N) is 4. The van der Waals surface area contributed by atoms with Gasteiger partial charge in [-0.2, -0.15) is 0 Å². The normalized spacial score (nSPS) is 14.2. The third-order valence-corrected chi connectivity index (χ3v) is 8.73. The summed E-state index contributed by atoms with van der Waals surface area (Å²) in [7, 11) is 7.20. The number of likely N-dealkylation sites (N-methyl/N-ethyl adjacent to an activating group) is 1. The summed E-state index contributed by atoms with van der Waals surface area (Å²) in [5.74, 6) is 0.435. The summed E-state index contributed by atoms with van der Waals surface area (Å²) < 4.78 is 16.9. The van der Waals surface area contributed by atoms with Crippen LogP contribution in [0.3, 0.4) is 0 Å². The Bertz CT molecular complexity index is 1580. The molecule has 5 rings (SSSR count). The fourth-order valence-electron chi connectivity index (χ4n) is 5.94. The van der Waals surface area contributed by atoms with Crippen molar-refractivity contribution in [2.24, 2.45) is 0 Å². The minimum absolute atomic E-state index is 0.0966. The summed E-state index contributed by atoms with van der Waals surface area (Å²) >= 11 is 0. The van der Waals surface area contributed by atoms with Crippen LogP contribution in [0, 0.1) is 0 Å². The fraction of sp³-hybridized carbons (Fsp3) is 0.417. The number of ether oxygens (including phenoxy) is 2. The number of anilines is 1. The van der Waals surface area contributed by atoms with E-state index in [0.29, 0.717) is 11.3 Å². The van der Waals surface area contributed by atoms with Crippen molar-refractivity contribution < 1.29 is 19.0 Å². The van der Waals surface area contributed by atoms with Crippen LogP contribution in [0.1, 0.15) is 18.4 Å². The zero-order valence-corrected chi connectivity index (χ0v) is 27.0. The van der Waals surface area contributed by atoms with Crippen molar-refractivity contribution in [1.82, 2.24) is 14.7 Å². The van der Waals surface area contributed by atoms with Gasteiger partial charge in [-0.05, 0) is 68.4 Å². The molecular formula is C36H46N4O5. The van der Waals surface area contributed by atoms with E-state index in [1.165, 1.54) is 31.9 Å². The van der Waals surface area contributed by atoms with Crippen molar-refractivity contribution in [3.63, 3.8) is 0 Å². The van der Waals surface area contributed by atoms with Gasteiger partial charge in [0, 0.05) is 70.7 Å². The van der Waals surface area contributed by atoms with Crippen LogP contribution >= 0.6 is 0 Å². The Balaban J connectivity index is 1.07. The summed E-state index contributed by atoms with van der Waals surface area (Å²) in [5.41, 5.74) is 3.04. The van der Waals surface area contributed by atoms with E-state index in [1.807, 2.05) is 24.3 Å². The molecule has 0 radical (unpaired) electrons. The summed E-state index contributed by atoms with van der Waals surface area (Å²) in [5, 5.41) is 10.5. The molecule has 0 unspecified atom stereocenters. The highest BCUT2D eigenvalue weighted by molar-refractivity contribution is 5.88. The molecule has 240 valence electrons. The van der Waals surface area contributed by atoms with Crippen LogP contribution in [0.5, 0.6) is 17.2 Å². The van der Waals surface area contributed by atoms with Gasteiger partial charge in [0.05, 0.1) is 19.6 Å². The summed E-state index contributed by atoms with van der Waals surface area (Å²) in [6.07, 6.45) is 2.23. The minimum atomic E-state index is -0.320. The highest BCUT2D eigenvalue weighted by Crippen LogP contribution is 2.38. The van der Waals surface area contributed by atoms with Gasteiger partial charge < -0.3 is 28.8 Å². The number of rotatable bonds is 14. The van der Waals surface area contributed by atoms with Gasteiger partial charge in [-0.25, -0.2) is 0 Å². The maximum Gasteiger partial charge on any atom is 0.235 e. The monoisotopic (exact) mass is 614 g/mol. The van der Waals surface area contributed by atoms with Crippen LogP contribution < -0.4 is 19.8 Å². The second-order valence-electron chi connectivity index (χ2n) is 11.9. The van der Waals surface area contributed by atoms with Crippen molar-refractivity contribution >= 4 is 16.7 Å². The number of aromatic hydroxyl groups is 1. The molecule has 1 aliphatic rings. The predicted molar refractivity (Wildman–Crippen MR) is 181 cm³/mol. The molecule has 1 aliphatic heterocycles. The first-order chi connectivity index (χ1) is 21.9. The molecule has 9 heteroatoms. The molecule has 1 aromatic heterocycles. The van der Waals surface area contributed by atoms with Crippen LogP contribution in [0.15, 0.2) is 75.9 Å². The van der Waals surface area contributed by atoms with Gasteiger partial charge >= 0.3 is 0 Å². The topological polar surface area (TPSA) is 81.9 Å². The lowest BCUT2D eigenvalue weighted by molar-refractivity contribution is 0.117. The third-order valence-electron chi connectivity index (χ3n) is 8.73. The van der Waals surface area contributed by atoms with E-state index >= 15 is 0 Å². The van der Waals surface area contributed by atoms with E-state index in [0.717, 1.165) is 77.4 Å². The molecule has 0 aliphatic carbocycles. The van der Waals surface area contributed by atoms with E-state index in [1.54, 1.807) is 0 Å². The average molecular weight is 615 g/mol. The highest BCUT2D eigenvalue weighted by Gasteiger charge is 2.21. The Kier molecular flexibility index (Phi) is 11.0. The van der Waals surface area contributed by atoms with Crippen molar-refractivity contribution in [3.8, 4) is 28.6 Å². The molecule has 0 bridgehead atoms. The van der Waals surface area contributed by atoms with Gasteiger partial charge in [0.25, 0.3) is 0 Å². The number of methoxy groups -OCH3 is 2. The molecule has 45 heavy (non-hydrogen) atoms. The molecule has 0 atom stereocenters. The maximum absolute atomic E-state index is 13.2. The number of hydrogen-bond donors (Lipinski definition) is 1. The second kappa shape index (κ2) is 15.3. The molecule has 1 N–H and O–H groups in total. The number of fused-ring (bicyclic) bond motifs is 1. The molecular weight excluding hydrogens is 568 g/mol. The Morgan fingerprint density at radius 2 is 1.47 bits per heavy atom. The number of hydrogen-bond acceptors (Lipinski definition) is 9. The van der Waals surface area contributed by atoms with Crippen LogP contribution in [0.2, 0.25) is 0 Å². The first-order valence-electron chi connectivity index (χ1n) is 15.8. The summed E-state index contributed by atoms with van der Waals surface area (Å²) in [6, 6.07) is 21.6. The van der Waals surface area contributed by atoms with E-state index in [4.69, 9.17) is 13.9 Å². The molecule has 1 fully saturated rings. The second-order valence-corrected chi connectivity index (χ2v) is 11.9. The summed E-state index contributed by atoms with van der Waals surface area (Å²) in [6.45, 7) is 9.84. The Hall–Kier alpha value is -4.05. The van der Waals surface area contributed by atoms with Gasteiger partial charge in [0.15, 0.2) is 17.1 Å². The third kappa shape index (κ3) is 7.97. The van der Waals surface area contributed by atoms with Gasteiger partial charge in [-0.1, -0.05) is 30.3 Å². The van der Waals surface area contributed by atoms with Crippen LogP contribution in [0.4, 0.5) is 5.69 Å². The number of unbranched alkanes of at least 4 members (excludes halogenated alkanes) is 1. The quantitative estimate of drug-likeness (QED) is 0.194. The maximum atomic E-state index is 13.2. The zero-order chi connectivity index (χ0) is 31.8. The molecule has 0 spiro atoms. The van der Waals surface area contributed by atoms with Gasteiger partial charge in [-0.15, -0.1) is 0 Å². The van der Waals surface area contributed by atoms with E-state index in [-0.39, 0.29) is 33.6 Å². The lowest BCUT2D eigenvalue weighted by atomic mass is 10.1. The number of benzene rings is 3. The fourth-order valence-corrected chi connectivity index (χ4v) is 5.94. The van der Waals surface area contributed by atoms with Crippen molar-refractivity contribution in [2.75, 3.05) is 85.6 Å². The van der Waals surface area contributed by atoms with Crippen LogP contribution in [-0.4, -0.2) is 100 Å². The van der Waals surface area contributed by atoms with E-state index < -0.39 is 0 Å². The predicted octanol–water partition coefficient (Wildman–Crippen LogP) is 5.15. The molecule has 2 heterocycles. The van der Waals surface area contributed by atoms with E-state index in [9.17, 15) is 9.90 Å². The molecule has 1 saturated heterocycles. The number of phenols is 1. The molecule has 0 saturated carbocycles.